The number of benzene rings is 2. The van der Waals surface area contributed by atoms with Crippen molar-refractivity contribution >= 4 is 19.4 Å². The van der Waals surface area contributed by atoms with E-state index in [9.17, 15) is 9.36 Å². The summed E-state index contributed by atoms with van der Waals surface area (Å²) < 4.78 is 12.2. The molecule has 2 aromatic rings. The molecule has 1 atom stereocenters. The van der Waals surface area contributed by atoms with Crippen LogP contribution in [-0.2, 0) is 10.7 Å². The van der Waals surface area contributed by atoms with E-state index in [1.54, 1.807) is 18.2 Å². The van der Waals surface area contributed by atoms with Crippen molar-refractivity contribution in [3.8, 4) is 0 Å². The largest absolute Gasteiger partial charge is 0.322 e. The van der Waals surface area contributed by atoms with Crippen LogP contribution >= 0.6 is 7.80 Å². The number of hydrogen-bond acceptors (Lipinski definition) is 2. The summed E-state index contributed by atoms with van der Waals surface area (Å²) in [6.45, 7) is 0. The molecule has 2 aromatic carbocycles. The fourth-order valence-corrected chi connectivity index (χ4v) is 3.27. The van der Waals surface area contributed by atoms with Crippen LogP contribution in [0.3, 0.4) is 0 Å². The Kier molecular flexibility index (Phi) is 3.89. The topological polar surface area (TPSA) is 34.1 Å². The van der Waals surface area contributed by atoms with Gasteiger partial charge in [0.1, 0.15) is 7.80 Å². The first-order valence-corrected chi connectivity index (χ1v) is 7.04. The summed E-state index contributed by atoms with van der Waals surface area (Å²) in [5.74, 6) is 0. The summed E-state index contributed by atoms with van der Waals surface area (Å²) in [5.41, 5.74) is 1.57. The van der Waals surface area contributed by atoms with E-state index >= 15 is 0 Å². The van der Waals surface area contributed by atoms with E-state index in [1.807, 2.05) is 36.4 Å². The fraction of sp³-hybridized carbons (Fsp3) is 0.0714. The molecule has 0 aliphatic carbocycles. The van der Waals surface area contributed by atoms with Crippen LogP contribution in [0, 0.1) is 0 Å². The Morgan fingerprint density at radius 2 is 1.59 bits per heavy atom. The Bertz CT molecular complexity index is 535. The minimum atomic E-state index is -1.94. The van der Waals surface area contributed by atoms with E-state index in [2.05, 4.69) is 0 Å². The van der Waals surface area contributed by atoms with Gasteiger partial charge in [-0.2, -0.15) is 0 Å². The van der Waals surface area contributed by atoms with Crippen LogP contribution in [0.1, 0.15) is 15.9 Å². The lowest BCUT2D eigenvalue weighted by molar-refractivity contribution is 0.112. The zero-order chi connectivity index (χ0) is 12.1. The first kappa shape index (κ1) is 11.8. The van der Waals surface area contributed by atoms with Gasteiger partial charge in [0.2, 0.25) is 0 Å². The summed E-state index contributed by atoms with van der Waals surface area (Å²) in [6, 6.07) is 16.8. The van der Waals surface area contributed by atoms with E-state index < -0.39 is 7.80 Å². The Hall–Kier alpha value is -1.66. The van der Waals surface area contributed by atoms with Crippen molar-refractivity contribution in [1.29, 1.82) is 0 Å². The van der Waals surface area contributed by atoms with E-state index in [1.165, 1.54) is 0 Å². The number of rotatable bonds is 4. The lowest BCUT2D eigenvalue weighted by Gasteiger charge is -2.05. The maximum absolute atomic E-state index is 12.2. The summed E-state index contributed by atoms with van der Waals surface area (Å²) in [7, 11) is -1.94. The average Bonchev–Trinajstić information content (AvgIpc) is 2.40. The third-order valence-electron chi connectivity index (χ3n) is 2.60. The van der Waals surface area contributed by atoms with Crippen LogP contribution in [0.2, 0.25) is 0 Å². The van der Waals surface area contributed by atoms with E-state index in [4.69, 9.17) is 0 Å². The predicted molar refractivity (Wildman–Crippen MR) is 70.6 cm³/mol. The van der Waals surface area contributed by atoms with Crippen LogP contribution in [0.15, 0.2) is 54.6 Å². The smallest absolute Gasteiger partial charge is 0.150 e. The van der Waals surface area contributed by atoms with Crippen molar-refractivity contribution in [3.05, 3.63) is 65.7 Å². The van der Waals surface area contributed by atoms with Gasteiger partial charge in [0.05, 0.1) is 0 Å². The van der Waals surface area contributed by atoms with Crippen LogP contribution in [-0.4, -0.2) is 6.29 Å². The minimum absolute atomic E-state index is 0.510. The third kappa shape index (κ3) is 2.92. The molecule has 0 N–H and O–H groups in total. The highest BCUT2D eigenvalue weighted by atomic mass is 31.1. The first-order chi connectivity index (χ1) is 8.31. The van der Waals surface area contributed by atoms with Crippen molar-refractivity contribution in [2.45, 2.75) is 6.16 Å². The molecule has 86 valence electrons. The SMILES string of the molecule is O=Cc1ccccc1[PH](=O)Cc1ccccc1. The molecule has 0 saturated heterocycles. The monoisotopic (exact) mass is 244 g/mol. The molecular weight excluding hydrogens is 231 g/mol. The zero-order valence-corrected chi connectivity index (χ0v) is 10.3. The van der Waals surface area contributed by atoms with E-state index in [0.717, 1.165) is 11.8 Å². The summed E-state index contributed by atoms with van der Waals surface area (Å²) in [4.78, 5) is 10.9. The maximum atomic E-state index is 12.2. The highest BCUT2D eigenvalue weighted by Crippen LogP contribution is 2.26. The fourth-order valence-electron chi connectivity index (χ4n) is 1.73. The van der Waals surface area contributed by atoms with Gasteiger partial charge < -0.3 is 4.57 Å². The van der Waals surface area contributed by atoms with Gasteiger partial charge in [0.25, 0.3) is 0 Å². The van der Waals surface area contributed by atoms with Gasteiger partial charge in [-0.05, 0) is 5.56 Å². The molecule has 0 radical (unpaired) electrons. The van der Waals surface area contributed by atoms with Crippen LogP contribution in [0.5, 0.6) is 0 Å². The lowest BCUT2D eigenvalue weighted by Crippen LogP contribution is -2.04. The zero-order valence-electron chi connectivity index (χ0n) is 9.30. The van der Waals surface area contributed by atoms with E-state index in [-0.39, 0.29) is 0 Å². The molecule has 0 aromatic heterocycles. The van der Waals surface area contributed by atoms with Crippen LogP contribution in [0.4, 0.5) is 0 Å². The third-order valence-corrected chi connectivity index (χ3v) is 4.38. The molecular formula is C14H13O2P. The number of aldehydes is 1. The van der Waals surface area contributed by atoms with Gasteiger partial charge in [0.15, 0.2) is 6.29 Å². The molecule has 0 saturated carbocycles. The van der Waals surface area contributed by atoms with Gasteiger partial charge in [-0.1, -0.05) is 54.6 Å². The average molecular weight is 244 g/mol. The van der Waals surface area contributed by atoms with Crippen molar-refractivity contribution in [2.75, 3.05) is 0 Å². The molecule has 0 spiro atoms. The lowest BCUT2D eigenvalue weighted by atomic mass is 10.2. The molecule has 1 unspecified atom stereocenters. The van der Waals surface area contributed by atoms with Crippen molar-refractivity contribution in [2.24, 2.45) is 0 Å². The number of carbonyl (C=O) groups is 1. The van der Waals surface area contributed by atoms with E-state index in [0.29, 0.717) is 17.0 Å². The Balaban J connectivity index is 2.23. The minimum Gasteiger partial charge on any atom is -0.322 e. The summed E-state index contributed by atoms with van der Waals surface area (Å²) >= 11 is 0. The summed E-state index contributed by atoms with van der Waals surface area (Å²) in [6.07, 6.45) is 1.28. The van der Waals surface area contributed by atoms with Gasteiger partial charge in [-0.3, -0.25) is 4.79 Å². The number of carbonyl (C=O) groups excluding carboxylic acids is 1. The molecule has 0 heterocycles. The Morgan fingerprint density at radius 3 is 2.29 bits per heavy atom. The first-order valence-electron chi connectivity index (χ1n) is 5.42. The highest BCUT2D eigenvalue weighted by Gasteiger charge is 2.08. The molecule has 2 nitrogen and oxygen atoms in total. The summed E-state index contributed by atoms with van der Waals surface area (Å²) in [5, 5.41) is 0.677. The Morgan fingerprint density at radius 1 is 0.941 bits per heavy atom. The van der Waals surface area contributed by atoms with Crippen LogP contribution < -0.4 is 5.30 Å². The Labute approximate surface area is 101 Å². The number of hydrogen-bond donors (Lipinski definition) is 0. The van der Waals surface area contributed by atoms with Crippen LogP contribution in [0.25, 0.3) is 0 Å². The predicted octanol–water partition coefficient (Wildman–Crippen LogP) is 2.88. The van der Waals surface area contributed by atoms with Gasteiger partial charge in [-0.25, -0.2) is 0 Å². The molecule has 0 amide bonds. The highest BCUT2D eigenvalue weighted by molar-refractivity contribution is 7.52. The molecule has 0 aliphatic rings. The second-order valence-corrected chi connectivity index (χ2v) is 5.53. The molecule has 0 aliphatic heterocycles. The van der Waals surface area contributed by atoms with Gasteiger partial charge in [-0.15, -0.1) is 0 Å². The van der Waals surface area contributed by atoms with Crippen molar-refractivity contribution < 1.29 is 9.36 Å². The second kappa shape index (κ2) is 5.60. The maximum Gasteiger partial charge on any atom is 0.150 e. The van der Waals surface area contributed by atoms with Crippen molar-refractivity contribution in [3.63, 3.8) is 0 Å². The van der Waals surface area contributed by atoms with Gasteiger partial charge >= 0.3 is 0 Å². The molecule has 3 heteroatoms. The molecule has 2 rings (SSSR count). The normalized spacial score (nSPS) is 12.0. The standard InChI is InChI=1S/C14H13O2P/c15-10-13-8-4-5-9-14(13)17(16)11-12-6-2-1-3-7-12/h1-10,17H,11H2. The molecule has 0 bridgehead atoms. The quantitative estimate of drug-likeness (QED) is 0.612. The van der Waals surface area contributed by atoms with Crippen molar-refractivity contribution in [1.82, 2.24) is 0 Å². The van der Waals surface area contributed by atoms with Gasteiger partial charge in [0, 0.05) is 17.0 Å². The molecule has 0 fully saturated rings. The molecule has 17 heavy (non-hydrogen) atoms. The second-order valence-electron chi connectivity index (χ2n) is 3.79.